The second-order valence-electron chi connectivity index (χ2n) is 6.37. The molecule has 0 spiro atoms. The van der Waals surface area contributed by atoms with Gasteiger partial charge in [0, 0.05) is 12.6 Å². The Balaban J connectivity index is 1.55. The van der Waals surface area contributed by atoms with Gasteiger partial charge in [-0.15, -0.1) is 0 Å². The summed E-state index contributed by atoms with van der Waals surface area (Å²) in [6, 6.07) is 15.2. The van der Waals surface area contributed by atoms with Gasteiger partial charge in [-0.3, -0.25) is 4.79 Å². The molecule has 2 atom stereocenters. The number of rotatable bonds is 4. The first-order valence-electron chi connectivity index (χ1n) is 8.51. The summed E-state index contributed by atoms with van der Waals surface area (Å²) in [4.78, 5) is 20.4. The lowest BCUT2D eigenvalue weighted by Gasteiger charge is -2.19. The Bertz CT molecular complexity index is 850. The number of fused-ring (bicyclic) bond motifs is 1. The molecule has 0 bridgehead atoms. The van der Waals surface area contributed by atoms with Crippen LogP contribution in [0.4, 0.5) is 0 Å². The smallest absolute Gasteiger partial charge is 0.257 e. The zero-order valence-electron chi connectivity index (χ0n) is 14.7. The summed E-state index contributed by atoms with van der Waals surface area (Å²) in [5.41, 5.74) is 2.47. The van der Waals surface area contributed by atoms with Gasteiger partial charge in [-0.25, -0.2) is 0 Å². The molecule has 2 unspecified atom stereocenters. The molecule has 1 fully saturated rings. The normalized spacial score (nSPS) is 21.0. The molecule has 1 saturated heterocycles. The minimum atomic E-state index is -0.0987. The van der Waals surface area contributed by atoms with Gasteiger partial charge in [0.25, 0.3) is 5.91 Å². The quantitative estimate of drug-likeness (QED) is 0.849. The Morgan fingerprint density at radius 2 is 1.92 bits per heavy atom. The second-order valence-corrected chi connectivity index (χ2v) is 6.37. The zero-order valence-corrected chi connectivity index (χ0v) is 14.7. The highest BCUT2D eigenvalue weighted by Gasteiger charge is 2.44. The van der Waals surface area contributed by atoms with Gasteiger partial charge in [-0.1, -0.05) is 35.5 Å². The van der Waals surface area contributed by atoms with Crippen LogP contribution in [0.5, 0.6) is 11.5 Å². The first-order valence-corrected chi connectivity index (χ1v) is 8.51. The lowest BCUT2D eigenvalue weighted by atomic mass is 9.95. The van der Waals surface area contributed by atoms with Crippen LogP contribution < -0.4 is 9.47 Å². The number of carbonyl (C=O) groups is 1. The summed E-state index contributed by atoms with van der Waals surface area (Å²) < 4.78 is 10.6. The SMILES string of the molecule is COc1ccc(C(=O)N2CC3ON=C(c4ccccc4)C3C2)c(OC)c1. The largest absolute Gasteiger partial charge is 0.497 e. The van der Waals surface area contributed by atoms with Gasteiger partial charge < -0.3 is 19.2 Å². The Morgan fingerprint density at radius 3 is 2.65 bits per heavy atom. The second kappa shape index (κ2) is 6.71. The summed E-state index contributed by atoms with van der Waals surface area (Å²) in [5, 5.41) is 4.25. The number of amides is 1. The van der Waals surface area contributed by atoms with Gasteiger partial charge in [0.05, 0.1) is 38.0 Å². The average Bonchev–Trinajstić information content (AvgIpc) is 3.28. The number of likely N-dealkylation sites (tertiary alicyclic amines) is 1. The molecule has 2 aromatic rings. The van der Waals surface area contributed by atoms with Crippen LogP contribution in [0.3, 0.4) is 0 Å². The van der Waals surface area contributed by atoms with Crippen molar-refractivity contribution in [1.29, 1.82) is 0 Å². The number of ether oxygens (including phenoxy) is 2. The summed E-state index contributed by atoms with van der Waals surface area (Å²) in [7, 11) is 3.13. The molecule has 6 heteroatoms. The van der Waals surface area contributed by atoms with Crippen LogP contribution in [0.15, 0.2) is 53.7 Å². The Labute approximate surface area is 152 Å². The molecule has 1 amide bonds. The molecule has 2 aromatic carbocycles. The van der Waals surface area contributed by atoms with E-state index in [9.17, 15) is 4.79 Å². The Kier molecular flexibility index (Phi) is 4.24. The van der Waals surface area contributed by atoms with Crippen molar-refractivity contribution in [3.63, 3.8) is 0 Å². The lowest BCUT2D eigenvalue weighted by molar-refractivity contribution is 0.0629. The van der Waals surface area contributed by atoms with Crippen LogP contribution in [0, 0.1) is 5.92 Å². The number of nitrogens with zero attached hydrogens (tertiary/aromatic N) is 2. The predicted molar refractivity (Wildman–Crippen MR) is 96.8 cm³/mol. The van der Waals surface area contributed by atoms with E-state index in [4.69, 9.17) is 14.3 Å². The van der Waals surface area contributed by atoms with Crippen molar-refractivity contribution in [3.05, 3.63) is 59.7 Å². The van der Waals surface area contributed by atoms with Crippen LogP contribution >= 0.6 is 0 Å². The third-order valence-corrected chi connectivity index (χ3v) is 4.90. The van der Waals surface area contributed by atoms with Gasteiger partial charge in [-0.2, -0.15) is 0 Å². The van der Waals surface area contributed by atoms with Crippen molar-refractivity contribution in [2.45, 2.75) is 6.10 Å². The van der Waals surface area contributed by atoms with Crippen molar-refractivity contribution in [2.24, 2.45) is 11.1 Å². The molecular formula is C20H20N2O4. The van der Waals surface area contributed by atoms with Crippen LogP contribution in [0.2, 0.25) is 0 Å². The summed E-state index contributed by atoms with van der Waals surface area (Å²) in [5.74, 6) is 1.17. The molecule has 2 aliphatic heterocycles. The van der Waals surface area contributed by atoms with Gasteiger partial charge >= 0.3 is 0 Å². The third-order valence-electron chi connectivity index (χ3n) is 4.90. The van der Waals surface area contributed by atoms with Gasteiger partial charge in [-0.05, 0) is 17.7 Å². The molecule has 26 heavy (non-hydrogen) atoms. The molecule has 0 aromatic heterocycles. The number of methoxy groups -OCH3 is 2. The minimum absolute atomic E-state index is 0.0742. The molecule has 2 heterocycles. The fraction of sp³-hybridized carbons (Fsp3) is 0.300. The highest BCUT2D eigenvalue weighted by Crippen LogP contribution is 2.33. The van der Waals surface area contributed by atoms with E-state index < -0.39 is 0 Å². The molecule has 0 saturated carbocycles. The molecule has 4 rings (SSSR count). The monoisotopic (exact) mass is 352 g/mol. The maximum atomic E-state index is 13.0. The van der Waals surface area contributed by atoms with Crippen molar-refractivity contribution in [1.82, 2.24) is 4.90 Å². The molecular weight excluding hydrogens is 332 g/mol. The first-order chi connectivity index (χ1) is 12.7. The summed E-state index contributed by atoms with van der Waals surface area (Å²) >= 11 is 0. The Hall–Kier alpha value is -3.02. The van der Waals surface area contributed by atoms with Crippen LogP contribution in [-0.4, -0.2) is 49.9 Å². The van der Waals surface area contributed by atoms with Crippen LogP contribution in [0.1, 0.15) is 15.9 Å². The van der Waals surface area contributed by atoms with E-state index in [-0.39, 0.29) is 17.9 Å². The highest BCUT2D eigenvalue weighted by molar-refractivity contribution is 6.04. The van der Waals surface area contributed by atoms with Crippen LogP contribution in [0.25, 0.3) is 0 Å². The first kappa shape index (κ1) is 16.4. The summed E-state index contributed by atoms with van der Waals surface area (Å²) in [6.07, 6.45) is -0.0987. The molecule has 6 nitrogen and oxygen atoms in total. The zero-order chi connectivity index (χ0) is 18.1. The number of hydrogen-bond donors (Lipinski definition) is 0. The van der Waals surface area contributed by atoms with E-state index in [2.05, 4.69) is 5.16 Å². The average molecular weight is 352 g/mol. The van der Waals surface area contributed by atoms with Crippen molar-refractivity contribution < 1.29 is 19.1 Å². The lowest BCUT2D eigenvalue weighted by Crippen LogP contribution is -2.31. The van der Waals surface area contributed by atoms with E-state index in [0.717, 1.165) is 11.3 Å². The van der Waals surface area contributed by atoms with Crippen molar-refractivity contribution >= 4 is 11.6 Å². The number of carbonyl (C=O) groups excluding carboxylic acids is 1. The molecule has 0 N–H and O–H groups in total. The molecule has 0 radical (unpaired) electrons. The Morgan fingerprint density at radius 1 is 1.12 bits per heavy atom. The van der Waals surface area contributed by atoms with E-state index >= 15 is 0 Å². The van der Waals surface area contributed by atoms with Crippen molar-refractivity contribution in [2.75, 3.05) is 27.3 Å². The maximum Gasteiger partial charge on any atom is 0.257 e. The van der Waals surface area contributed by atoms with Crippen molar-refractivity contribution in [3.8, 4) is 11.5 Å². The fourth-order valence-corrected chi connectivity index (χ4v) is 3.52. The van der Waals surface area contributed by atoms with E-state index in [1.807, 2.05) is 30.3 Å². The summed E-state index contributed by atoms with van der Waals surface area (Å²) in [6.45, 7) is 1.09. The highest BCUT2D eigenvalue weighted by atomic mass is 16.6. The number of oxime groups is 1. The minimum Gasteiger partial charge on any atom is -0.497 e. The predicted octanol–water partition coefficient (Wildman–Crippen LogP) is 2.58. The van der Waals surface area contributed by atoms with Gasteiger partial charge in [0.2, 0.25) is 0 Å². The number of benzene rings is 2. The maximum absolute atomic E-state index is 13.0. The van der Waals surface area contributed by atoms with Gasteiger partial charge in [0.15, 0.2) is 6.10 Å². The van der Waals surface area contributed by atoms with E-state index in [0.29, 0.717) is 30.2 Å². The molecule has 0 aliphatic carbocycles. The van der Waals surface area contributed by atoms with Crippen LogP contribution in [-0.2, 0) is 4.84 Å². The fourth-order valence-electron chi connectivity index (χ4n) is 3.52. The van der Waals surface area contributed by atoms with Gasteiger partial charge in [0.1, 0.15) is 11.5 Å². The standard InChI is InChI=1S/C20H20N2O4/c1-24-14-8-9-15(17(10-14)25-2)20(23)22-11-16-18(12-22)26-21-19(16)13-6-4-3-5-7-13/h3-10,16,18H,11-12H2,1-2H3. The topological polar surface area (TPSA) is 60.4 Å². The molecule has 134 valence electrons. The number of hydrogen-bond acceptors (Lipinski definition) is 5. The molecule has 2 aliphatic rings. The van der Waals surface area contributed by atoms with E-state index in [1.165, 1.54) is 0 Å². The third kappa shape index (κ3) is 2.77. The van der Waals surface area contributed by atoms with E-state index in [1.54, 1.807) is 37.3 Å².